The van der Waals surface area contributed by atoms with Crippen molar-refractivity contribution in [2.75, 3.05) is 0 Å². The molecule has 0 aliphatic heterocycles. The second kappa shape index (κ2) is 3.79. The fourth-order valence-electron chi connectivity index (χ4n) is 1.54. The van der Waals surface area contributed by atoms with Gasteiger partial charge in [-0.25, -0.2) is 5.26 Å². The molecule has 0 saturated carbocycles. The summed E-state index contributed by atoms with van der Waals surface area (Å²) >= 11 is 0. The molecule has 0 fully saturated rings. The second-order valence-corrected chi connectivity index (χ2v) is 3.75. The molecule has 0 atom stereocenters. The fraction of sp³-hybridized carbons (Fsp3) is 0.455. The number of rotatable bonds is 2. The van der Waals surface area contributed by atoms with Gasteiger partial charge in [-0.15, -0.1) is 0 Å². The molecule has 2 nitrogen and oxygen atoms in total. The van der Waals surface area contributed by atoms with Crippen molar-refractivity contribution >= 4 is 0 Å². The number of hydrogen-bond donors (Lipinski definition) is 1. The molecule has 13 heavy (non-hydrogen) atoms. The Morgan fingerprint density at radius 2 is 1.85 bits per heavy atom. The SMILES string of the molecule is Cc1cc(C)c(OO)c(C(C)C)c1. The third kappa shape index (κ3) is 2.01. The molecule has 0 bridgehead atoms. The molecule has 2 heteroatoms. The minimum atomic E-state index is 0.362. The highest BCUT2D eigenvalue weighted by Crippen LogP contribution is 2.30. The normalized spacial score (nSPS) is 10.6. The number of hydrogen-bond acceptors (Lipinski definition) is 2. The maximum atomic E-state index is 8.74. The molecule has 0 spiro atoms. The lowest BCUT2D eigenvalue weighted by Gasteiger charge is -2.13. The second-order valence-electron chi connectivity index (χ2n) is 3.75. The van der Waals surface area contributed by atoms with Crippen LogP contribution in [0, 0.1) is 13.8 Å². The molecule has 72 valence electrons. The van der Waals surface area contributed by atoms with Crippen LogP contribution in [0.15, 0.2) is 12.1 Å². The van der Waals surface area contributed by atoms with Crippen molar-refractivity contribution in [2.24, 2.45) is 0 Å². The highest BCUT2D eigenvalue weighted by Gasteiger charge is 2.11. The molecule has 1 rings (SSSR count). The molecular formula is C11H16O2. The molecule has 1 aromatic carbocycles. The standard InChI is InChI=1S/C11H16O2/c1-7(2)10-6-8(3)5-9(4)11(10)13-12/h5-7,12H,1-4H3. The minimum Gasteiger partial charge on any atom is -0.340 e. The molecular weight excluding hydrogens is 164 g/mol. The Kier molecular flexibility index (Phi) is 2.94. The Hall–Kier alpha value is -1.02. The first-order valence-electron chi connectivity index (χ1n) is 4.48. The van der Waals surface area contributed by atoms with Crippen LogP contribution in [-0.2, 0) is 0 Å². The van der Waals surface area contributed by atoms with E-state index in [1.54, 1.807) is 0 Å². The smallest absolute Gasteiger partial charge is 0.171 e. The van der Waals surface area contributed by atoms with E-state index in [1.165, 1.54) is 5.56 Å². The summed E-state index contributed by atoms with van der Waals surface area (Å²) in [6.45, 7) is 8.14. The Morgan fingerprint density at radius 1 is 1.23 bits per heavy atom. The van der Waals surface area contributed by atoms with Crippen LogP contribution in [0.4, 0.5) is 0 Å². The van der Waals surface area contributed by atoms with Gasteiger partial charge in [0.15, 0.2) is 5.75 Å². The lowest BCUT2D eigenvalue weighted by molar-refractivity contribution is -0.139. The van der Waals surface area contributed by atoms with Crippen molar-refractivity contribution in [3.63, 3.8) is 0 Å². The molecule has 0 radical (unpaired) electrons. The molecule has 0 aliphatic carbocycles. The van der Waals surface area contributed by atoms with Crippen LogP contribution in [-0.4, -0.2) is 5.26 Å². The van der Waals surface area contributed by atoms with Crippen LogP contribution in [0.3, 0.4) is 0 Å². The van der Waals surface area contributed by atoms with Gasteiger partial charge >= 0.3 is 0 Å². The van der Waals surface area contributed by atoms with Crippen molar-refractivity contribution in [1.29, 1.82) is 0 Å². The summed E-state index contributed by atoms with van der Waals surface area (Å²) in [6, 6.07) is 4.04. The monoisotopic (exact) mass is 180 g/mol. The lowest BCUT2D eigenvalue weighted by Crippen LogP contribution is -1.98. The van der Waals surface area contributed by atoms with Gasteiger partial charge < -0.3 is 4.89 Å². The Balaban J connectivity index is 3.29. The summed E-state index contributed by atoms with van der Waals surface area (Å²) in [6.07, 6.45) is 0. The molecule has 0 saturated heterocycles. The molecule has 0 amide bonds. The maximum absolute atomic E-state index is 8.74. The van der Waals surface area contributed by atoms with Gasteiger partial charge in [-0.05, 0) is 25.3 Å². The summed E-state index contributed by atoms with van der Waals surface area (Å²) in [5, 5.41) is 8.74. The Bertz CT molecular complexity index is 303. The van der Waals surface area contributed by atoms with Crippen LogP contribution in [0.5, 0.6) is 5.75 Å². The van der Waals surface area contributed by atoms with E-state index < -0.39 is 0 Å². The third-order valence-electron chi connectivity index (χ3n) is 2.16. The first-order chi connectivity index (χ1) is 6.06. The van der Waals surface area contributed by atoms with E-state index in [0.717, 1.165) is 11.1 Å². The van der Waals surface area contributed by atoms with Gasteiger partial charge in [0.25, 0.3) is 0 Å². The van der Waals surface area contributed by atoms with E-state index in [9.17, 15) is 0 Å². The lowest BCUT2D eigenvalue weighted by atomic mass is 9.97. The van der Waals surface area contributed by atoms with Gasteiger partial charge in [0.05, 0.1) is 0 Å². The van der Waals surface area contributed by atoms with Gasteiger partial charge in [-0.2, -0.15) is 0 Å². The van der Waals surface area contributed by atoms with E-state index in [1.807, 2.05) is 26.0 Å². The van der Waals surface area contributed by atoms with E-state index in [4.69, 9.17) is 5.26 Å². The molecule has 1 aromatic rings. The number of benzene rings is 1. The first kappa shape index (κ1) is 10.1. The largest absolute Gasteiger partial charge is 0.340 e. The van der Waals surface area contributed by atoms with Crippen molar-refractivity contribution in [2.45, 2.75) is 33.6 Å². The molecule has 0 aromatic heterocycles. The van der Waals surface area contributed by atoms with Gasteiger partial charge in [0.2, 0.25) is 0 Å². The predicted molar refractivity (Wildman–Crippen MR) is 53.3 cm³/mol. The molecule has 0 unspecified atom stereocenters. The van der Waals surface area contributed by atoms with Gasteiger partial charge in [0.1, 0.15) is 0 Å². The summed E-state index contributed by atoms with van der Waals surface area (Å²) in [7, 11) is 0. The molecule has 0 heterocycles. The van der Waals surface area contributed by atoms with E-state index in [2.05, 4.69) is 18.7 Å². The predicted octanol–water partition coefficient (Wildman–Crippen LogP) is 3.28. The quantitative estimate of drug-likeness (QED) is 0.559. The zero-order valence-electron chi connectivity index (χ0n) is 8.59. The highest BCUT2D eigenvalue weighted by molar-refractivity contribution is 5.44. The Morgan fingerprint density at radius 3 is 2.31 bits per heavy atom. The Labute approximate surface area is 79.1 Å². The van der Waals surface area contributed by atoms with Crippen LogP contribution >= 0.6 is 0 Å². The van der Waals surface area contributed by atoms with Gasteiger partial charge in [0, 0.05) is 5.56 Å². The van der Waals surface area contributed by atoms with Crippen LogP contribution < -0.4 is 4.89 Å². The van der Waals surface area contributed by atoms with Crippen molar-refractivity contribution < 1.29 is 10.1 Å². The summed E-state index contributed by atoms with van der Waals surface area (Å²) < 4.78 is 0. The topological polar surface area (TPSA) is 29.5 Å². The first-order valence-corrected chi connectivity index (χ1v) is 4.48. The zero-order chi connectivity index (χ0) is 10.0. The van der Waals surface area contributed by atoms with Crippen LogP contribution in [0.25, 0.3) is 0 Å². The van der Waals surface area contributed by atoms with E-state index in [-0.39, 0.29) is 0 Å². The van der Waals surface area contributed by atoms with Gasteiger partial charge in [-0.3, -0.25) is 0 Å². The highest BCUT2D eigenvalue weighted by atomic mass is 17.1. The van der Waals surface area contributed by atoms with Crippen LogP contribution in [0.2, 0.25) is 0 Å². The van der Waals surface area contributed by atoms with Crippen molar-refractivity contribution in [3.05, 3.63) is 28.8 Å². The molecule has 1 N–H and O–H groups in total. The summed E-state index contributed by atoms with van der Waals surface area (Å²) in [5.41, 5.74) is 3.23. The maximum Gasteiger partial charge on any atom is 0.171 e. The zero-order valence-corrected chi connectivity index (χ0v) is 8.59. The van der Waals surface area contributed by atoms with Gasteiger partial charge in [-0.1, -0.05) is 31.5 Å². The van der Waals surface area contributed by atoms with E-state index >= 15 is 0 Å². The van der Waals surface area contributed by atoms with E-state index in [0.29, 0.717) is 11.7 Å². The minimum absolute atomic E-state index is 0.362. The van der Waals surface area contributed by atoms with Crippen LogP contribution in [0.1, 0.15) is 36.5 Å². The van der Waals surface area contributed by atoms with Crippen molar-refractivity contribution in [3.8, 4) is 5.75 Å². The fourth-order valence-corrected chi connectivity index (χ4v) is 1.54. The average Bonchev–Trinajstić information content (AvgIpc) is 2.02. The average molecular weight is 180 g/mol. The number of aryl methyl sites for hydroxylation is 2. The summed E-state index contributed by atoms with van der Waals surface area (Å²) in [4.78, 5) is 4.39. The van der Waals surface area contributed by atoms with Crippen molar-refractivity contribution in [1.82, 2.24) is 0 Å². The summed E-state index contributed by atoms with van der Waals surface area (Å²) in [5.74, 6) is 0.960. The molecule has 0 aliphatic rings. The third-order valence-corrected chi connectivity index (χ3v) is 2.16.